The average Bonchev–Trinajstić information content (AvgIpc) is 2.56. The molecule has 0 aliphatic rings. The Morgan fingerprint density at radius 3 is 1.88 bits per heavy atom. The van der Waals surface area contributed by atoms with Crippen molar-refractivity contribution in [1.29, 1.82) is 0 Å². The van der Waals surface area contributed by atoms with Crippen LogP contribution in [0.1, 0.15) is 95.1 Å². The van der Waals surface area contributed by atoms with Crippen LogP contribution in [0.3, 0.4) is 0 Å². The monoisotopic (exact) mass is 331 g/mol. The second-order valence-electron chi connectivity index (χ2n) is 7.13. The minimum atomic E-state index is 0.147. The van der Waals surface area contributed by atoms with E-state index in [1.165, 1.54) is 75.3 Å². The van der Waals surface area contributed by atoms with Gasteiger partial charge >= 0.3 is 0 Å². The number of aryl methyl sites for hydroxylation is 2. The van der Waals surface area contributed by atoms with Gasteiger partial charge in [0, 0.05) is 12.1 Å². The highest BCUT2D eigenvalue weighted by Gasteiger charge is 2.03. The largest absolute Gasteiger partial charge is 0.326 e. The van der Waals surface area contributed by atoms with Gasteiger partial charge in [-0.2, -0.15) is 0 Å². The molecule has 0 unspecified atom stereocenters. The molecule has 0 aromatic heterocycles. The van der Waals surface area contributed by atoms with Crippen LogP contribution in [0.15, 0.2) is 18.2 Å². The Kier molecular flexibility index (Phi) is 11.3. The Morgan fingerprint density at radius 1 is 0.792 bits per heavy atom. The molecule has 0 radical (unpaired) electrons. The summed E-state index contributed by atoms with van der Waals surface area (Å²) in [6.45, 7) is 6.43. The van der Waals surface area contributed by atoms with Crippen molar-refractivity contribution >= 4 is 11.6 Å². The zero-order valence-electron chi connectivity index (χ0n) is 16.1. The van der Waals surface area contributed by atoms with E-state index in [1.807, 2.05) is 12.1 Å². The van der Waals surface area contributed by atoms with E-state index in [0.717, 1.165) is 12.1 Å². The lowest BCUT2D eigenvalue weighted by atomic mass is 10.1. The summed E-state index contributed by atoms with van der Waals surface area (Å²) in [6, 6.07) is 6.10. The molecular formula is C22H37NO. The van der Waals surface area contributed by atoms with Crippen LogP contribution >= 0.6 is 0 Å². The summed E-state index contributed by atoms with van der Waals surface area (Å²) in [4.78, 5) is 12.0. The Hall–Kier alpha value is -1.31. The summed E-state index contributed by atoms with van der Waals surface area (Å²) >= 11 is 0. The molecule has 0 saturated carbocycles. The van der Waals surface area contributed by atoms with E-state index in [1.54, 1.807) is 0 Å². The Labute approximate surface area is 149 Å². The van der Waals surface area contributed by atoms with Gasteiger partial charge in [-0.25, -0.2) is 0 Å². The van der Waals surface area contributed by atoms with Crippen LogP contribution in [0.5, 0.6) is 0 Å². The van der Waals surface area contributed by atoms with Crippen LogP contribution in [-0.2, 0) is 4.79 Å². The number of anilines is 1. The smallest absolute Gasteiger partial charge is 0.224 e. The third-order valence-corrected chi connectivity index (χ3v) is 4.80. The summed E-state index contributed by atoms with van der Waals surface area (Å²) in [5, 5.41) is 3.01. The SMILES string of the molecule is CCCCCCCCCCCCCC(=O)Nc1ccc(C)c(C)c1. The number of unbranched alkanes of at least 4 members (excludes halogenated alkanes) is 10. The van der Waals surface area contributed by atoms with E-state index in [2.05, 4.69) is 32.2 Å². The van der Waals surface area contributed by atoms with Crippen molar-refractivity contribution in [2.75, 3.05) is 5.32 Å². The lowest BCUT2D eigenvalue weighted by molar-refractivity contribution is -0.116. The second-order valence-corrected chi connectivity index (χ2v) is 7.13. The zero-order chi connectivity index (χ0) is 17.6. The molecule has 0 aliphatic heterocycles. The molecule has 0 fully saturated rings. The number of benzene rings is 1. The van der Waals surface area contributed by atoms with Crippen LogP contribution in [0.25, 0.3) is 0 Å². The quantitative estimate of drug-likeness (QED) is 0.389. The Bertz CT molecular complexity index is 467. The van der Waals surface area contributed by atoms with Crippen molar-refractivity contribution in [1.82, 2.24) is 0 Å². The third-order valence-electron chi connectivity index (χ3n) is 4.80. The molecule has 0 bridgehead atoms. The maximum Gasteiger partial charge on any atom is 0.224 e. The van der Waals surface area contributed by atoms with Gasteiger partial charge in [-0.05, 0) is 43.5 Å². The van der Waals surface area contributed by atoms with E-state index in [9.17, 15) is 4.79 Å². The highest BCUT2D eigenvalue weighted by atomic mass is 16.1. The topological polar surface area (TPSA) is 29.1 Å². The van der Waals surface area contributed by atoms with Crippen LogP contribution < -0.4 is 5.32 Å². The molecule has 2 heteroatoms. The summed E-state index contributed by atoms with van der Waals surface area (Å²) < 4.78 is 0. The van der Waals surface area contributed by atoms with Crippen LogP contribution in [0.4, 0.5) is 5.69 Å². The minimum Gasteiger partial charge on any atom is -0.326 e. The highest BCUT2D eigenvalue weighted by molar-refractivity contribution is 5.90. The number of carbonyl (C=O) groups is 1. The van der Waals surface area contributed by atoms with Crippen molar-refractivity contribution in [3.8, 4) is 0 Å². The standard InChI is InChI=1S/C22H37NO/c1-4-5-6-7-8-9-10-11-12-13-14-15-22(24)23-21-17-16-19(2)20(3)18-21/h16-18H,4-15H2,1-3H3,(H,23,24). The lowest BCUT2D eigenvalue weighted by Gasteiger charge is -2.07. The van der Waals surface area contributed by atoms with Gasteiger partial charge in [0.1, 0.15) is 0 Å². The number of rotatable bonds is 13. The number of carbonyl (C=O) groups excluding carboxylic acids is 1. The first-order valence-corrected chi connectivity index (χ1v) is 10.0. The average molecular weight is 332 g/mol. The predicted molar refractivity (Wildman–Crippen MR) is 106 cm³/mol. The van der Waals surface area contributed by atoms with Gasteiger partial charge in [-0.15, -0.1) is 0 Å². The first-order chi connectivity index (χ1) is 11.6. The molecule has 1 aromatic carbocycles. The molecule has 136 valence electrons. The normalized spacial score (nSPS) is 10.8. The van der Waals surface area contributed by atoms with Crippen molar-refractivity contribution in [2.45, 2.75) is 97.8 Å². The predicted octanol–water partition coefficient (Wildman–Crippen LogP) is 6.94. The summed E-state index contributed by atoms with van der Waals surface area (Å²) in [6.07, 6.45) is 15.1. The number of hydrogen-bond donors (Lipinski definition) is 1. The molecular weight excluding hydrogens is 294 g/mol. The third kappa shape index (κ3) is 9.75. The van der Waals surface area contributed by atoms with Gasteiger partial charge in [-0.3, -0.25) is 4.79 Å². The van der Waals surface area contributed by atoms with E-state index in [-0.39, 0.29) is 5.91 Å². The molecule has 0 spiro atoms. The number of hydrogen-bond acceptors (Lipinski definition) is 1. The zero-order valence-corrected chi connectivity index (χ0v) is 16.1. The fourth-order valence-electron chi connectivity index (χ4n) is 2.99. The van der Waals surface area contributed by atoms with Gasteiger partial charge < -0.3 is 5.32 Å². The van der Waals surface area contributed by atoms with Crippen LogP contribution in [-0.4, -0.2) is 5.91 Å². The van der Waals surface area contributed by atoms with E-state index in [4.69, 9.17) is 0 Å². The fraction of sp³-hybridized carbons (Fsp3) is 0.682. The van der Waals surface area contributed by atoms with Crippen LogP contribution in [0.2, 0.25) is 0 Å². The van der Waals surface area contributed by atoms with Crippen molar-refractivity contribution in [3.63, 3.8) is 0 Å². The number of nitrogens with one attached hydrogen (secondary N) is 1. The van der Waals surface area contributed by atoms with Gasteiger partial charge in [0.2, 0.25) is 5.91 Å². The molecule has 0 saturated heterocycles. The highest BCUT2D eigenvalue weighted by Crippen LogP contribution is 2.15. The van der Waals surface area contributed by atoms with E-state index < -0.39 is 0 Å². The number of amides is 1. The van der Waals surface area contributed by atoms with Gasteiger partial charge in [0.15, 0.2) is 0 Å². The molecule has 1 N–H and O–H groups in total. The van der Waals surface area contributed by atoms with Crippen LogP contribution in [0, 0.1) is 13.8 Å². The first-order valence-electron chi connectivity index (χ1n) is 10.0. The van der Waals surface area contributed by atoms with Crippen molar-refractivity contribution in [2.24, 2.45) is 0 Å². The molecule has 1 aromatic rings. The minimum absolute atomic E-state index is 0.147. The molecule has 2 nitrogen and oxygen atoms in total. The Morgan fingerprint density at radius 2 is 1.33 bits per heavy atom. The molecule has 1 amide bonds. The van der Waals surface area contributed by atoms with E-state index >= 15 is 0 Å². The fourth-order valence-corrected chi connectivity index (χ4v) is 2.99. The van der Waals surface area contributed by atoms with E-state index in [0.29, 0.717) is 6.42 Å². The molecule has 0 aliphatic carbocycles. The summed E-state index contributed by atoms with van der Waals surface area (Å²) in [5.41, 5.74) is 3.41. The second kappa shape index (κ2) is 13.0. The maximum atomic E-state index is 12.0. The van der Waals surface area contributed by atoms with Crippen molar-refractivity contribution in [3.05, 3.63) is 29.3 Å². The molecule has 1 rings (SSSR count). The molecule has 24 heavy (non-hydrogen) atoms. The first kappa shape index (κ1) is 20.7. The van der Waals surface area contributed by atoms with Gasteiger partial charge in [0.05, 0.1) is 0 Å². The lowest BCUT2D eigenvalue weighted by Crippen LogP contribution is -2.11. The summed E-state index contributed by atoms with van der Waals surface area (Å²) in [7, 11) is 0. The van der Waals surface area contributed by atoms with Gasteiger partial charge in [-0.1, -0.05) is 77.2 Å². The molecule has 0 heterocycles. The van der Waals surface area contributed by atoms with Gasteiger partial charge in [0.25, 0.3) is 0 Å². The van der Waals surface area contributed by atoms with Crippen molar-refractivity contribution < 1.29 is 4.79 Å². The molecule has 0 atom stereocenters. The summed E-state index contributed by atoms with van der Waals surface area (Å²) in [5.74, 6) is 0.147. The maximum absolute atomic E-state index is 12.0. The Balaban J connectivity index is 1.97.